The molecule has 0 unspecified atom stereocenters. The summed E-state index contributed by atoms with van der Waals surface area (Å²) < 4.78 is 0. The molecular weight excluding hydrogens is 244 g/mol. The monoisotopic (exact) mass is 260 g/mol. The van der Waals surface area contributed by atoms with Gasteiger partial charge in [-0.1, -0.05) is 24.3 Å². The summed E-state index contributed by atoms with van der Waals surface area (Å²) in [4.78, 5) is 8.44. The van der Waals surface area contributed by atoms with Gasteiger partial charge in [0.1, 0.15) is 5.54 Å². The molecule has 0 saturated carbocycles. The quantitative estimate of drug-likeness (QED) is 0.678. The minimum atomic E-state index is -1.26. The van der Waals surface area contributed by atoms with Crippen LogP contribution in [0.4, 0.5) is 0 Å². The van der Waals surface area contributed by atoms with Crippen LogP contribution in [-0.2, 0) is 0 Å². The largest absolute Gasteiger partial charge is 0.394 e. The second-order valence-electron chi connectivity index (χ2n) is 4.39. The van der Waals surface area contributed by atoms with Crippen molar-refractivity contribution in [2.45, 2.75) is 5.54 Å². The van der Waals surface area contributed by atoms with E-state index in [0.717, 1.165) is 10.9 Å². The topological polar surface area (TPSA) is 85.9 Å². The smallest absolute Gasteiger partial charge is 0.130 e. The maximum absolute atomic E-state index is 9.17. The standard InChI is InChI=1S/C14H16N2O3/c17-8-14(9-18,10-19)15-7-12-6-5-11-3-1-2-4-13(11)16-12/h1-7,17-19H,8-10H2. The number of aliphatic hydroxyl groups excluding tert-OH is 3. The predicted octanol–water partition coefficient (Wildman–Crippen LogP) is 0.369. The molecule has 1 aromatic carbocycles. The summed E-state index contributed by atoms with van der Waals surface area (Å²) in [6.45, 7) is -1.28. The first-order chi connectivity index (χ1) is 9.23. The molecule has 0 aliphatic heterocycles. The molecule has 0 amide bonds. The highest BCUT2D eigenvalue weighted by atomic mass is 16.3. The van der Waals surface area contributed by atoms with E-state index in [0.29, 0.717) is 5.69 Å². The number of hydrogen-bond donors (Lipinski definition) is 3. The first-order valence-electron chi connectivity index (χ1n) is 5.97. The molecule has 2 aromatic rings. The second kappa shape index (κ2) is 5.88. The number of pyridine rings is 1. The van der Waals surface area contributed by atoms with Crippen LogP contribution < -0.4 is 0 Å². The van der Waals surface area contributed by atoms with Crippen molar-refractivity contribution in [1.29, 1.82) is 0 Å². The number of para-hydroxylation sites is 1. The zero-order chi connectivity index (χ0) is 13.7. The summed E-state index contributed by atoms with van der Waals surface area (Å²) in [6.07, 6.45) is 1.45. The zero-order valence-corrected chi connectivity index (χ0v) is 10.4. The van der Waals surface area contributed by atoms with E-state index in [1.54, 1.807) is 6.07 Å². The molecule has 5 heteroatoms. The highest BCUT2D eigenvalue weighted by Crippen LogP contribution is 2.12. The molecule has 1 aromatic heterocycles. The number of benzene rings is 1. The van der Waals surface area contributed by atoms with Crippen LogP contribution in [0, 0.1) is 0 Å². The highest BCUT2D eigenvalue weighted by molar-refractivity contribution is 5.85. The van der Waals surface area contributed by atoms with Crippen molar-refractivity contribution in [1.82, 2.24) is 4.98 Å². The Morgan fingerprint density at radius 1 is 1.00 bits per heavy atom. The van der Waals surface area contributed by atoms with Crippen molar-refractivity contribution in [2.75, 3.05) is 19.8 Å². The molecule has 3 N–H and O–H groups in total. The predicted molar refractivity (Wildman–Crippen MR) is 73.3 cm³/mol. The molecule has 19 heavy (non-hydrogen) atoms. The highest BCUT2D eigenvalue weighted by Gasteiger charge is 2.26. The lowest BCUT2D eigenvalue weighted by Crippen LogP contribution is -2.39. The first-order valence-corrected chi connectivity index (χ1v) is 5.97. The maximum atomic E-state index is 9.17. The van der Waals surface area contributed by atoms with Crippen molar-refractivity contribution in [3.8, 4) is 0 Å². The van der Waals surface area contributed by atoms with E-state index in [-0.39, 0.29) is 0 Å². The van der Waals surface area contributed by atoms with Crippen LogP contribution in [-0.4, -0.2) is 51.9 Å². The Labute approximate surface area is 110 Å². The summed E-state index contributed by atoms with van der Waals surface area (Å²) in [5.41, 5.74) is 0.195. The van der Waals surface area contributed by atoms with E-state index >= 15 is 0 Å². The van der Waals surface area contributed by atoms with Crippen LogP contribution in [0.1, 0.15) is 5.69 Å². The summed E-state index contributed by atoms with van der Waals surface area (Å²) in [5.74, 6) is 0. The van der Waals surface area contributed by atoms with Gasteiger partial charge in [0.25, 0.3) is 0 Å². The maximum Gasteiger partial charge on any atom is 0.130 e. The van der Waals surface area contributed by atoms with Crippen molar-refractivity contribution >= 4 is 17.1 Å². The lowest BCUT2D eigenvalue weighted by Gasteiger charge is -2.21. The molecular formula is C14H16N2O3. The van der Waals surface area contributed by atoms with Gasteiger partial charge in [-0.05, 0) is 12.1 Å². The molecule has 5 nitrogen and oxygen atoms in total. The van der Waals surface area contributed by atoms with E-state index < -0.39 is 25.4 Å². The van der Waals surface area contributed by atoms with Crippen LogP contribution in [0.25, 0.3) is 10.9 Å². The fourth-order valence-electron chi connectivity index (χ4n) is 1.63. The van der Waals surface area contributed by atoms with Gasteiger partial charge in [0.15, 0.2) is 0 Å². The first kappa shape index (κ1) is 13.6. The lowest BCUT2D eigenvalue weighted by atomic mass is 10.1. The third-order valence-electron chi connectivity index (χ3n) is 2.97. The van der Waals surface area contributed by atoms with Gasteiger partial charge in [-0.15, -0.1) is 0 Å². The number of aliphatic hydroxyl groups is 3. The van der Waals surface area contributed by atoms with Gasteiger partial charge in [-0.25, -0.2) is 4.98 Å². The molecule has 0 atom stereocenters. The van der Waals surface area contributed by atoms with Gasteiger partial charge in [0, 0.05) is 11.6 Å². The number of aromatic nitrogens is 1. The van der Waals surface area contributed by atoms with Gasteiger partial charge >= 0.3 is 0 Å². The van der Waals surface area contributed by atoms with Gasteiger partial charge in [-0.3, -0.25) is 4.99 Å². The number of aliphatic imine (C=N–C) groups is 1. The van der Waals surface area contributed by atoms with Crippen LogP contribution >= 0.6 is 0 Å². The Hall–Kier alpha value is -1.82. The molecule has 2 rings (SSSR count). The fourth-order valence-corrected chi connectivity index (χ4v) is 1.63. The molecule has 1 heterocycles. The lowest BCUT2D eigenvalue weighted by molar-refractivity contribution is 0.0718. The molecule has 0 aliphatic rings. The Bertz CT molecular complexity index is 571. The zero-order valence-electron chi connectivity index (χ0n) is 10.4. The van der Waals surface area contributed by atoms with E-state index in [4.69, 9.17) is 0 Å². The number of fused-ring (bicyclic) bond motifs is 1. The van der Waals surface area contributed by atoms with Crippen LogP contribution in [0.5, 0.6) is 0 Å². The van der Waals surface area contributed by atoms with E-state index in [1.807, 2.05) is 30.3 Å². The molecule has 0 saturated heterocycles. The Kier molecular flexibility index (Phi) is 4.21. The van der Waals surface area contributed by atoms with Crippen molar-refractivity contribution < 1.29 is 15.3 Å². The van der Waals surface area contributed by atoms with E-state index in [9.17, 15) is 15.3 Å². The molecule has 0 bridgehead atoms. The Morgan fingerprint density at radius 3 is 2.37 bits per heavy atom. The molecule has 0 spiro atoms. The van der Waals surface area contributed by atoms with E-state index in [2.05, 4.69) is 9.98 Å². The van der Waals surface area contributed by atoms with Gasteiger partial charge in [-0.2, -0.15) is 0 Å². The summed E-state index contributed by atoms with van der Waals surface area (Å²) in [5, 5.41) is 28.5. The summed E-state index contributed by atoms with van der Waals surface area (Å²) in [6, 6.07) is 11.4. The van der Waals surface area contributed by atoms with Crippen molar-refractivity contribution in [2.24, 2.45) is 4.99 Å². The third-order valence-corrected chi connectivity index (χ3v) is 2.97. The van der Waals surface area contributed by atoms with Gasteiger partial charge in [0.2, 0.25) is 0 Å². The number of hydrogen-bond acceptors (Lipinski definition) is 5. The Morgan fingerprint density at radius 2 is 1.68 bits per heavy atom. The summed E-state index contributed by atoms with van der Waals surface area (Å²) >= 11 is 0. The Balaban J connectivity index is 2.30. The fraction of sp³-hybridized carbons (Fsp3) is 0.286. The van der Waals surface area contributed by atoms with Crippen LogP contribution in [0.15, 0.2) is 41.4 Å². The third kappa shape index (κ3) is 2.96. The van der Waals surface area contributed by atoms with Crippen molar-refractivity contribution in [3.05, 3.63) is 42.1 Å². The van der Waals surface area contributed by atoms with Gasteiger partial charge < -0.3 is 15.3 Å². The average molecular weight is 260 g/mol. The number of rotatable bonds is 5. The number of nitrogens with zero attached hydrogens (tertiary/aromatic N) is 2. The van der Waals surface area contributed by atoms with Gasteiger partial charge in [0.05, 0.1) is 31.0 Å². The molecule has 100 valence electrons. The molecule has 0 radical (unpaired) electrons. The SMILES string of the molecule is OCC(CO)(CO)N=Cc1ccc2ccccc2n1. The average Bonchev–Trinajstić information content (AvgIpc) is 2.49. The normalized spacial score (nSPS) is 12.4. The molecule has 0 fully saturated rings. The van der Waals surface area contributed by atoms with Crippen molar-refractivity contribution in [3.63, 3.8) is 0 Å². The van der Waals surface area contributed by atoms with E-state index in [1.165, 1.54) is 6.21 Å². The minimum absolute atomic E-state index is 0.427. The minimum Gasteiger partial charge on any atom is -0.394 e. The van der Waals surface area contributed by atoms with Crippen LogP contribution in [0.3, 0.4) is 0 Å². The molecule has 0 aliphatic carbocycles. The second-order valence-corrected chi connectivity index (χ2v) is 4.39. The van der Waals surface area contributed by atoms with Crippen LogP contribution in [0.2, 0.25) is 0 Å². The summed E-state index contributed by atoms with van der Waals surface area (Å²) in [7, 11) is 0.